The van der Waals surface area contributed by atoms with Crippen molar-refractivity contribution in [2.75, 3.05) is 7.05 Å². The summed E-state index contributed by atoms with van der Waals surface area (Å²) in [6, 6.07) is 7.40. The van der Waals surface area contributed by atoms with Crippen molar-refractivity contribution >= 4 is 23.5 Å². The number of halogens is 1. The van der Waals surface area contributed by atoms with Crippen LogP contribution < -0.4 is 0 Å². The van der Waals surface area contributed by atoms with E-state index in [1.165, 1.54) is 0 Å². The van der Waals surface area contributed by atoms with Crippen LogP contribution in [0.1, 0.15) is 31.2 Å². The summed E-state index contributed by atoms with van der Waals surface area (Å²) in [5.41, 5.74) is 1.01. The molecule has 5 heteroatoms. The minimum atomic E-state index is -0.784. The number of nitrogens with zero attached hydrogens (tertiary/aromatic N) is 1. The molecule has 1 aliphatic carbocycles. The van der Waals surface area contributed by atoms with Crippen LogP contribution in [-0.4, -0.2) is 28.9 Å². The molecular weight excluding hydrogens is 290 g/mol. The Morgan fingerprint density at radius 1 is 1.24 bits per heavy atom. The van der Waals surface area contributed by atoms with Crippen molar-refractivity contribution in [2.45, 2.75) is 32.2 Å². The maximum atomic E-state index is 12.4. The lowest BCUT2D eigenvalue weighted by Crippen LogP contribution is -2.36. The van der Waals surface area contributed by atoms with Gasteiger partial charge in [0.15, 0.2) is 0 Å². The Morgan fingerprint density at radius 3 is 2.48 bits per heavy atom. The highest BCUT2D eigenvalue weighted by Gasteiger charge is 2.32. The van der Waals surface area contributed by atoms with E-state index in [1.807, 2.05) is 12.1 Å². The Morgan fingerprint density at radius 2 is 1.86 bits per heavy atom. The zero-order chi connectivity index (χ0) is 15.4. The first-order valence-corrected chi connectivity index (χ1v) is 7.57. The van der Waals surface area contributed by atoms with Gasteiger partial charge in [-0.1, -0.05) is 30.2 Å². The van der Waals surface area contributed by atoms with E-state index in [4.69, 9.17) is 16.7 Å². The number of amides is 1. The van der Waals surface area contributed by atoms with Gasteiger partial charge < -0.3 is 10.0 Å². The molecule has 0 spiro atoms. The SMILES string of the molecule is CN(Cc1ccc(Cl)cc1)C(=O)C1CCCC(C(=O)O)C1. The van der Waals surface area contributed by atoms with Crippen LogP contribution in [0.15, 0.2) is 24.3 Å². The summed E-state index contributed by atoms with van der Waals surface area (Å²) in [6.07, 6.45) is 2.73. The molecule has 1 aromatic rings. The van der Waals surface area contributed by atoms with Gasteiger partial charge in [0.1, 0.15) is 0 Å². The van der Waals surface area contributed by atoms with Crippen molar-refractivity contribution in [3.05, 3.63) is 34.9 Å². The first-order valence-electron chi connectivity index (χ1n) is 7.19. The minimum Gasteiger partial charge on any atom is -0.481 e. The number of carbonyl (C=O) groups excluding carboxylic acids is 1. The number of rotatable bonds is 4. The lowest BCUT2D eigenvalue weighted by molar-refractivity contribution is -0.145. The van der Waals surface area contributed by atoms with Crippen LogP contribution in [-0.2, 0) is 16.1 Å². The van der Waals surface area contributed by atoms with Crippen LogP contribution in [0.5, 0.6) is 0 Å². The topological polar surface area (TPSA) is 57.6 Å². The predicted octanol–water partition coefficient (Wildman–Crippen LogP) is 3.19. The molecule has 2 rings (SSSR count). The number of carboxylic acids is 1. The number of aliphatic carboxylic acids is 1. The van der Waals surface area contributed by atoms with Gasteiger partial charge in [-0.2, -0.15) is 0 Å². The molecule has 1 saturated carbocycles. The van der Waals surface area contributed by atoms with E-state index in [0.717, 1.165) is 18.4 Å². The Bertz CT molecular complexity index is 515. The second-order valence-corrected chi connectivity index (χ2v) is 6.16. The third-order valence-corrected chi connectivity index (χ3v) is 4.33. The molecular formula is C16H20ClNO3. The molecule has 0 heterocycles. The molecule has 0 aromatic heterocycles. The van der Waals surface area contributed by atoms with E-state index in [2.05, 4.69) is 0 Å². The number of carbonyl (C=O) groups is 2. The van der Waals surface area contributed by atoms with Gasteiger partial charge in [0.2, 0.25) is 5.91 Å². The fourth-order valence-electron chi connectivity index (χ4n) is 2.89. The van der Waals surface area contributed by atoms with Crippen molar-refractivity contribution in [3.8, 4) is 0 Å². The van der Waals surface area contributed by atoms with E-state index >= 15 is 0 Å². The number of hydrogen-bond donors (Lipinski definition) is 1. The monoisotopic (exact) mass is 309 g/mol. The van der Waals surface area contributed by atoms with Gasteiger partial charge in [-0.25, -0.2) is 0 Å². The standard InChI is InChI=1S/C16H20ClNO3/c1-18(10-11-5-7-14(17)8-6-11)15(19)12-3-2-4-13(9-12)16(20)21/h5-8,12-13H,2-4,9-10H2,1H3,(H,20,21). The number of benzene rings is 1. The highest BCUT2D eigenvalue weighted by atomic mass is 35.5. The molecule has 0 radical (unpaired) electrons. The summed E-state index contributed by atoms with van der Waals surface area (Å²) < 4.78 is 0. The molecule has 1 fully saturated rings. The molecule has 0 bridgehead atoms. The summed E-state index contributed by atoms with van der Waals surface area (Å²) in [4.78, 5) is 25.2. The maximum Gasteiger partial charge on any atom is 0.306 e. The van der Waals surface area contributed by atoms with E-state index < -0.39 is 5.97 Å². The first-order chi connectivity index (χ1) is 9.97. The van der Waals surface area contributed by atoms with Crippen LogP contribution in [0.2, 0.25) is 5.02 Å². The van der Waals surface area contributed by atoms with Crippen LogP contribution in [0.4, 0.5) is 0 Å². The van der Waals surface area contributed by atoms with E-state index in [0.29, 0.717) is 24.4 Å². The average Bonchev–Trinajstić information content (AvgIpc) is 2.49. The summed E-state index contributed by atoms with van der Waals surface area (Å²) >= 11 is 5.84. The minimum absolute atomic E-state index is 0.0379. The highest BCUT2D eigenvalue weighted by Crippen LogP contribution is 2.30. The Hall–Kier alpha value is -1.55. The Kier molecular flexibility index (Phi) is 5.23. The molecule has 114 valence electrons. The molecule has 1 N–H and O–H groups in total. The Labute approximate surface area is 129 Å². The second-order valence-electron chi connectivity index (χ2n) is 5.72. The van der Waals surface area contributed by atoms with Crippen molar-refractivity contribution in [1.82, 2.24) is 4.90 Å². The molecule has 0 saturated heterocycles. The zero-order valence-corrected chi connectivity index (χ0v) is 12.8. The van der Waals surface area contributed by atoms with Crippen LogP contribution in [0, 0.1) is 11.8 Å². The normalized spacial score (nSPS) is 21.8. The fraction of sp³-hybridized carbons (Fsp3) is 0.500. The van der Waals surface area contributed by atoms with Gasteiger partial charge in [-0.15, -0.1) is 0 Å². The number of carboxylic acid groups (broad SMARTS) is 1. The first kappa shape index (κ1) is 15.8. The Balaban J connectivity index is 1.95. The lowest BCUT2D eigenvalue weighted by Gasteiger charge is -2.29. The fourth-order valence-corrected chi connectivity index (χ4v) is 3.02. The van der Waals surface area contributed by atoms with E-state index in [-0.39, 0.29) is 17.7 Å². The molecule has 21 heavy (non-hydrogen) atoms. The van der Waals surface area contributed by atoms with Crippen molar-refractivity contribution < 1.29 is 14.7 Å². The molecule has 4 nitrogen and oxygen atoms in total. The molecule has 2 unspecified atom stereocenters. The van der Waals surface area contributed by atoms with Crippen LogP contribution in [0.25, 0.3) is 0 Å². The van der Waals surface area contributed by atoms with Gasteiger partial charge >= 0.3 is 5.97 Å². The smallest absolute Gasteiger partial charge is 0.306 e. The lowest BCUT2D eigenvalue weighted by atomic mass is 9.81. The third-order valence-electron chi connectivity index (χ3n) is 4.08. The van der Waals surface area contributed by atoms with Crippen molar-refractivity contribution in [3.63, 3.8) is 0 Å². The van der Waals surface area contributed by atoms with Gasteiger partial charge in [0, 0.05) is 24.5 Å². The van der Waals surface area contributed by atoms with Crippen LogP contribution in [0.3, 0.4) is 0 Å². The highest BCUT2D eigenvalue weighted by molar-refractivity contribution is 6.30. The van der Waals surface area contributed by atoms with Crippen molar-refractivity contribution in [2.24, 2.45) is 11.8 Å². The van der Waals surface area contributed by atoms with Gasteiger partial charge in [0.05, 0.1) is 5.92 Å². The second kappa shape index (κ2) is 6.94. The summed E-state index contributed by atoms with van der Waals surface area (Å²) in [6.45, 7) is 0.518. The van der Waals surface area contributed by atoms with Crippen LogP contribution >= 0.6 is 11.6 Å². The van der Waals surface area contributed by atoms with Crippen molar-refractivity contribution in [1.29, 1.82) is 0 Å². The predicted molar refractivity (Wildman–Crippen MR) is 81.0 cm³/mol. The summed E-state index contributed by atoms with van der Waals surface area (Å²) in [5, 5.41) is 9.77. The van der Waals surface area contributed by atoms with E-state index in [1.54, 1.807) is 24.1 Å². The molecule has 2 atom stereocenters. The molecule has 1 aliphatic rings. The third kappa shape index (κ3) is 4.21. The summed E-state index contributed by atoms with van der Waals surface area (Å²) in [7, 11) is 1.77. The molecule has 1 aromatic carbocycles. The molecule has 0 aliphatic heterocycles. The van der Waals surface area contributed by atoms with Gasteiger partial charge in [-0.05, 0) is 37.0 Å². The van der Waals surface area contributed by atoms with Gasteiger partial charge in [0.25, 0.3) is 0 Å². The quantitative estimate of drug-likeness (QED) is 0.929. The van der Waals surface area contributed by atoms with Gasteiger partial charge in [-0.3, -0.25) is 9.59 Å². The maximum absolute atomic E-state index is 12.4. The number of hydrogen-bond acceptors (Lipinski definition) is 2. The largest absolute Gasteiger partial charge is 0.481 e. The van der Waals surface area contributed by atoms with E-state index in [9.17, 15) is 9.59 Å². The molecule has 1 amide bonds. The zero-order valence-electron chi connectivity index (χ0n) is 12.1. The summed E-state index contributed by atoms with van der Waals surface area (Å²) in [5.74, 6) is -1.29. The average molecular weight is 310 g/mol.